The second-order valence-corrected chi connectivity index (χ2v) is 5.43. The van der Waals surface area contributed by atoms with Gasteiger partial charge in [0.1, 0.15) is 0 Å². The van der Waals surface area contributed by atoms with Gasteiger partial charge in [-0.15, -0.1) is 0 Å². The minimum absolute atomic E-state index is 0.0752. The van der Waals surface area contributed by atoms with E-state index in [-0.39, 0.29) is 6.04 Å². The van der Waals surface area contributed by atoms with Crippen molar-refractivity contribution in [1.82, 2.24) is 10.2 Å². The van der Waals surface area contributed by atoms with E-state index in [0.29, 0.717) is 17.9 Å². The van der Waals surface area contributed by atoms with Crippen LogP contribution in [0.2, 0.25) is 0 Å². The van der Waals surface area contributed by atoms with E-state index < -0.39 is 0 Å². The maximum atomic E-state index is 12.1. The summed E-state index contributed by atoms with van der Waals surface area (Å²) in [6.07, 6.45) is 3.58. The molecule has 2 atom stereocenters. The van der Waals surface area contributed by atoms with Crippen molar-refractivity contribution in [3.8, 4) is 0 Å². The average Bonchev–Trinajstić information content (AvgIpc) is 2.93. The Bertz CT molecular complexity index is 248. The highest BCUT2D eigenvalue weighted by Gasteiger charge is 2.39. The molecule has 0 spiro atoms. The molecule has 1 saturated carbocycles. The van der Waals surface area contributed by atoms with Crippen LogP contribution >= 0.6 is 0 Å². The Morgan fingerprint density at radius 2 is 2.07 bits per heavy atom. The number of nitrogens with zero attached hydrogens (tertiary/aromatic N) is 1. The molecule has 0 aromatic rings. The number of hydrogen-bond donors (Lipinski definition) is 1. The Balaban J connectivity index is 1.91. The van der Waals surface area contributed by atoms with E-state index in [1.54, 1.807) is 0 Å². The monoisotopic (exact) mass is 210 g/mol. The minimum Gasteiger partial charge on any atom is -0.326 e. The highest BCUT2D eigenvalue weighted by molar-refractivity contribution is 5.84. The van der Waals surface area contributed by atoms with Crippen LogP contribution in [-0.2, 0) is 4.79 Å². The highest BCUT2D eigenvalue weighted by Crippen LogP contribution is 2.36. The summed E-state index contributed by atoms with van der Waals surface area (Å²) in [5.41, 5.74) is 0. The zero-order chi connectivity index (χ0) is 11.0. The third-order valence-corrected chi connectivity index (χ3v) is 3.59. The highest BCUT2D eigenvalue weighted by atomic mass is 16.2. The maximum absolute atomic E-state index is 12.1. The van der Waals surface area contributed by atoms with Gasteiger partial charge in [-0.3, -0.25) is 10.1 Å². The lowest BCUT2D eigenvalue weighted by molar-refractivity contribution is -0.131. The molecule has 2 rings (SSSR count). The zero-order valence-electron chi connectivity index (χ0n) is 9.99. The molecule has 2 unspecified atom stereocenters. The van der Waals surface area contributed by atoms with Crippen LogP contribution < -0.4 is 5.32 Å². The molecule has 1 aliphatic carbocycles. The fourth-order valence-corrected chi connectivity index (χ4v) is 2.41. The number of hydrogen-bond acceptors (Lipinski definition) is 2. The van der Waals surface area contributed by atoms with Gasteiger partial charge in [0.2, 0.25) is 5.91 Å². The predicted octanol–water partition coefficient (Wildman–Crippen LogP) is 1.59. The molecule has 0 aromatic heterocycles. The molecule has 1 N–H and O–H groups in total. The van der Waals surface area contributed by atoms with E-state index in [2.05, 4.69) is 26.1 Å². The lowest BCUT2D eigenvalue weighted by Crippen LogP contribution is -2.38. The van der Waals surface area contributed by atoms with Gasteiger partial charge in [-0.1, -0.05) is 13.8 Å². The van der Waals surface area contributed by atoms with Gasteiger partial charge < -0.3 is 4.90 Å². The molecule has 0 radical (unpaired) electrons. The summed E-state index contributed by atoms with van der Waals surface area (Å²) >= 11 is 0. The van der Waals surface area contributed by atoms with E-state index in [1.165, 1.54) is 12.8 Å². The Hall–Kier alpha value is -0.570. The molecule has 1 aliphatic heterocycles. The van der Waals surface area contributed by atoms with Crippen molar-refractivity contribution in [3.63, 3.8) is 0 Å². The third kappa shape index (κ3) is 2.33. The Kier molecular flexibility index (Phi) is 3.01. The molecule has 1 amide bonds. The second-order valence-electron chi connectivity index (χ2n) is 5.43. The largest absolute Gasteiger partial charge is 0.326 e. The summed E-state index contributed by atoms with van der Waals surface area (Å²) < 4.78 is 0. The molecular formula is C12H22N2O. The maximum Gasteiger partial charge on any atom is 0.241 e. The summed E-state index contributed by atoms with van der Waals surface area (Å²) in [6.45, 7) is 7.28. The summed E-state index contributed by atoms with van der Waals surface area (Å²) in [4.78, 5) is 14.1. The van der Waals surface area contributed by atoms with Crippen molar-refractivity contribution in [1.29, 1.82) is 0 Å². The molecule has 15 heavy (non-hydrogen) atoms. The minimum atomic E-state index is 0.0752. The second kappa shape index (κ2) is 4.12. The first kappa shape index (κ1) is 10.9. The van der Waals surface area contributed by atoms with Gasteiger partial charge in [0.25, 0.3) is 0 Å². The first-order chi connectivity index (χ1) is 7.09. The van der Waals surface area contributed by atoms with Crippen molar-refractivity contribution in [2.75, 3.05) is 6.67 Å². The number of carbonyl (C=O) groups excluding carboxylic acids is 1. The van der Waals surface area contributed by atoms with Crippen LogP contribution in [0.1, 0.15) is 40.0 Å². The first-order valence-corrected chi connectivity index (χ1v) is 6.13. The zero-order valence-corrected chi connectivity index (χ0v) is 9.99. The molecule has 86 valence electrons. The van der Waals surface area contributed by atoms with Crippen LogP contribution in [0.15, 0.2) is 0 Å². The lowest BCUT2D eigenvalue weighted by atomic mass is 10.0. The van der Waals surface area contributed by atoms with E-state index >= 15 is 0 Å². The molecule has 1 heterocycles. The van der Waals surface area contributed by atoms with Crippen molar-refractivity contribution < 1.29 is 4.79 Å². The number of carbonyl (C=O) groups is 1. The van der Waals surface area contributed by atoms with Crippen LogP contribution in [0, 0.1) is 11.8 Å². The average molecular weight is 210 g/mol. The van der Waals surface area contributed by atoms with Gasteiger partial charge in [-0.2, -0.15) is 0 Å². The Labute approximate surface area is 92.2 Å². The molecule has 3 heteroatoms. The standard InChI is InChI=1S/C12H22N2O/c1-8(2)6-11-12(15)14(7-13-11)9(3)10-4-5-10/h8-11,13H,4-7H2,1-3H3. The molecule has 0 aromatic carbocycles. The van der Waals surface area contributed by atoms with E-state index in [1.807, 2.05) is 4.90 Å². The number of nitrogens with one attached hydrogen (secondary N) is 1. The lowest BCUT2D eigenvalue weighted by Gasteiger charge is -2.23. The van der Waals surface area contributed by atoms with Crippen molar-refractivity contribution in [3.05, 3.63) is 0 Å². The van der Waals surface area contributed by atoms with Crippen molar-refractivity contribution in [2.45, 2.75) is 52.1 Å². The van der Waals surface area contributed by atoms with Crippen molar-refractivity contribution in [2.24, 2.45) is 11.8 Å². The number of rotatable bonds is 4. The van der Waals surface area contributed by atoms with Gasteiger partial charge >= 0.3 is 0 Å². The molecule has 2 aliphatic rings. The Morgan fingerprint density at radius 3 is 2.60 bits per heavy atom. The van der Waals surface area contributed by atoms with Crippen LogP contribution in [0.5, 0.6) is 0 Å². The smallest absolute Gasteiger partial charge is 0.241 e. The quantitative estimate of drug-likeness (QED) is 0.764. The van der Waals surface area contributed by atoms with Gasteiger partial charge in [-0.05, 0) is 38.0 Å². The van der Waals surface area contributed by atoms with Crippen molar-refractivity contribution >= 4 is 5.91 Å². The normalized spacial score (nSPS) is 28.9. The van der Waals surface area contributed by atoms with Gasteiger partial charge in [0, 0.05) is 6.04 Å². The van der Waals surface area contributed by atoms with Crippen LogP contribution in [0.25, 0.3) is 0 Å². The summed E-state index contributed by atoms with van der Waals surface area (Å²) in [7, 11) is 0. The SMILES string of the molecule is CC(C)CC1NCN(C(C)C2CC2)C1=O. The van der Waals surface area contributed by atoms with E-state index in [9.17, 15) is 4.79 Å². The summed E-state index contributed by atoms with van der Waals surface area (Å²) in [5, 5.41) is 3.33. The van der Waals surface area contributed by atoms with E-state index in [0.717, 1.165) is 19.0 Å². The Morgan fingerprint density at radius 1 is 1.40 bits per heavy atom. The topological polar surface area (TPSA) is 32.3 Å². The molecule has 3 nitrogen and oxygen atoms in total. The molecule has 1 saturated heterocycles. The summed E-state index contributed by atoms with van der Waals surface area (Å²) in [6, 6.07) is 0.522. The van der Waals surface area contributed by atoms with Crippen LogP contribution in [0.3, 0.4) is 0 Å². The number of amides is 1. The van der Waals surface area contributed by atoms with Gasteiger partial charge in [-0.25, -0.2) is 0 Å². The molecule has 2 fully saturated rings. The third-order valence-electron chi connectivity index (χ3n) is 3.59. The predicted molar refractivity (Wildman–Crippen MR) is 60.3 cm³/mol. The van der Waals surface area contributed by atoms with Gasteiger partial charge in [0.15, 0.2) is 0 Å². The fourth-order valence-electron chi connectivity index (χ4n) is 2.41. The van der Waals surface area contributed by atoms with Crippen LogP contribution in [0.4, 0.5) is 0 Å². The van der Waals surface area contributed by atoms with Gasteiger partial charge in [0.05, 0.1) is 12.7 Å². The summed E-state index contributed by atoms with van der Waals surface area (Å²) in [5.74, 6) is 1.68. The van der Waals surface area contributed by atoms with E-state index in [4.69, 9.17) is 0 Å². The fraction of sp³-hybridized carbons (Fsp3) is 0.917. The molecule has 0 bridgehead atoms. The first-order valence-electron chi connectivity index (χ1n) is 6.13. The van der Waals surface area contributed by atoms with Crippen LogP contribution in [-0.4, -0.2) is 29.6 Å². The molecular weight excluding hydrogens is 188 g/mol.